The van der Waals surface area contributed by atoms with E-state index in [2.05, 4.69) is 24.2 Å². The van der Waals surface area contributed by atoms with Crippen LogP contribution in [0.5, 0.6) is 0 Å². The summed E-state index contributed by atoms with van der Waals surface area (Å²) in [5.41, 5.74) is 2.56. The van der Waals surface area contributed by atoms with Crippen LogP contribution < -0.4 is 0 Å². The van der Waals surface area contributed by atoms with Crippen LogP contribution >= 0.6 is 0 Å². The quantitative estimate of drug-likeness (QED) is 0.501. The number of nitrogens with zero attached hydrogens (tertiary/aromatic N) is 1. The van der Waals surface area contributed by atoms with Crippen LogP contribution in [0.3, 0.4) is 0 Å². The molecule has 0 heterocycles. The molecular weight excluding hydrogens is 182 g/mol. The summed E-state index contributed by atoms with van der Waals surface area (Å²) in [5.74, 6) is 0.541. The Kier molecular flexibility index (Phi) is 3.33. The molecule has 0 aromatic heterocycles. The fourth-order valence-corrected chi connectivity index (χ4v) is 1.96. The smallest absolute Gasteiger partial charge is 0.0625 e. The molecule has 0 fully saturated rings. The largest absolute Gasteiger partial charge is 0.261 e. The van der Waals surface area contributed by atoms with Gasteiger partial charge >= 0.3 is 0 Å². The molecule has 0 saturated carbocycles. The van der Waals surface area contributed by atoms with Gasteiger partial charge in [0.15, 0.2) is 0 Å². The van der Waals surface area contributed by atoms with E-state index in [1.54, 1.807) is 0 Å². The maximum atomic E-state index is 4.49. The molecule has 1 aliphatic rings. The van der Waals surface area contributed by atoms with E-state index in [9.17, 15) is 0 Å². The van der Waals surface area contributed by atoms with Crippen molar-refractivity contribution in [2.75, 3.05) is 0 Å². The van der Waals surface area contributed by atoms with Gasteiger partial charge in [0.1, 0.15) is 0 Å². The molecule has 0 N–H and O–H groups in total. The van der Waals surface area contributed by atoms with E-state index in [1.165, 1.54) is 24.8 Å². The predicted molar refractivity (Wildman–Crippen MR) is 65.7 cm³/mol. The summed E-state index contributed by atoms with van der Waals surface area (Å²) in [5, 5.41) is 0. The van der Waals surface area contributed by atoms with E-state index in [1.807, 2.05) is 30.3 Å². The third kappa shape index (κ3) is 3.05. The molecular formula is C14H17N. The fourth-order valence-electron chi connectivity index (χ4n) is 1.96. The van der Waals surface area contributed by atoms with E-state index in [-0.39, 0.29) is 0 Å². The first-order chi connectivity index (χ1) is 7.34. The molecule has 78 valence electrons. The van der Waals surface area contributed by atoms with Crippen molar-refractivity contribution in [1.29, 1.82) is 0 Å². The molecule has 1 aromatic carbocycles. The molecule has 1 nitrogen and oxygen atoms in total. The van der Waals surface area contributed by atoms with Crippen LogP contribution in [0.4, 0.5) is 5.69 Å². The lowest BCUT2D eigenvalue weighted by Gasteiger charge is -2.14. The number of rotatable bonds is 2. The average molecular weight is 199 g/mol. The SMILES string of the molecule is CC1=CC(C=Nc2ccccc2)CCC1. The summed E-state index contributed by atoms with van der Waals surface area (Å²) in [4.78, 5) is 4.49. The summed E-state index contributed by atoms with van der Waals surface area (Å²) in [7, 11) is 0. The van der Waals surface area contributed by atoms with Crippen LogP contribution in [-0.4, -0.2) is 6.21 Å². The summed E-state index contributed by atoms with van der Waals surface area (Å²) < 4.78 is 0. The molecule has 15 heavy (non-hydrogen) atoms. The summed E-state index contributed by atoms with van der Waals surface area (Å²) in [6.07, 6.45) is 8.23. The second kappa shape index (κ2) is 4.92. The summed E-state index contributed by atoms with van der Waals surface area (Å²) in [6, 6.07) is 10.1. The number of benzene rings is 1. The van der Waals surface area contributed by atoms with Crippen molar-refractivity contribution in [3.8, 4) is 0 Å². The highest BCUT2D eigenvalue weighted by Gasteiger charge is 2.08. The van der Waals surface area contributed by atoms with Gasteiger partial charge in [-0.2, -0.15) is 0 Å². The first-order valence-corrected chi connectivity index (χ1v) is 5.61. The van der Waals surface area contributed by atoms with Gasteiger partial charge in [-0.25, -0.2) is 0 Å². The molecule has 1 atom stereocenters. The van der Waals surface area contributed by atoms with Gasteiger partial charge in [-0.05, 0) is 38.3 Å². The van der Waals surface area contributed by atoms with Crippen molar-refractivity contribution in [3.05, 3.63) is 42.0 Å². The molecule has 1 aromatic rings. The number of allylic oxidation sites excluding steroid dienone is 2. The first-order valence-electron chi connectivity index (χ1n) is 5.61. The van der Waals surface area contributed by atoms with Gasteiger partial charge < -0.3 is 0 Å². The Morgan fingerprint density at radius 2 is 2.07 bits per heavy atom. The van der Waals surface area contributed by atoms with Crippen molar-refractivity contribution in [2.45, 2.75) is 26.2 Å². The Bertz CT molecular complexity index is 362. The minimum absolute atomic E-state index is 0.541. The zero-order valence-electron chi connectivity index (χ0n) is 9.19. The molecule has 0 bridgehead atoms. The minimum Gasteiger partial charge on any atom is -0.261 e. The molecule has 1 heteroatoms. The first kappa shape index (κ1) is 10.2. The van der Waals surface area contributed by atoms with Gasteiger partial charge in [0.2, 0.25) is 0 Å². The van der Waals surface area contributed by atoms with Gasteiger partial charge in [-0.15, -0.1) is 0 Å². The van der Waals surface area contributed by atoms with E-state index in [4.69, 9.17) is 0 Å². The van der Waals surface area contributed by atoms with Gasteiger partial charge in [0, 0.05) is 12.1 Å². The lowest BCUT2D eigenvalue weighted by atomic mass is 9.92. The lowest BCUT2D eigenvalue weighted by Crippen LogP contribution is -2.04. The van der Waals surface area contributed by atoms with Crippen LogP contribution in [0.2, 0.25) is 0 Å². The Hall–Kier alpha value is -1.37. The highest BCUT2D eigenvalue weighted by Crippen LogP contribution is 2.21. The van der Waals surface area contributed by atoms with Crippen molar-refractivity contribution < 1.29 is 0 Å². The predicted octanol–water partition coefficient (Wildman–Crippen LogP) is 4.14. The number of aliphatic imine (C=N–C) groups is 1. The third-order valence-corrected chi connectivity index (χ3v) is 2.78. The van der Waals surface area contributed by atoms with Crippen molar-refractivity contribution in [3.63, 3.8) is 0 Å². The Morgan fingerprint density at radius 1 is 1.27 bits per heavy atom. The van der Waals surface area contributed by atoms with E-state index < -0.39 is 0 Å². The van der Waals surface area contributed by atoms with E-state index >= 15 is 0 Å². The molecule has 0 saturated heterocycles. The zero-order chi connectivity index (χ0) is 10.5. The molecule has 0 radical (unpaired) electrons. The fraction of sp³-hybridized carbons (Fsp3) is 0.357. The van der Waals surface area contributed by atoms with Crippen LogP contribution in [0.1, 0.15) is 26.2 Å². The van der Waals surface area contributed by atoms with Crippen molar-refractivity contribution in [2.24, 2.45) is 10.9 Å². The zero-order valence-corrected chi connectivity index (χ0v) is 9.19. The molecule has 1 unspecified atom stereocenters. The second-order valence-electron chi connectivity index (χ2n) is 4.18. The molecule has 1 aliphatic carbocycles. The van der Waals surface area contributed by atoms with Crippen LogP contribution in [0.15, 0.2) is 47.0 Å². The maximum absolute atomic E-state index is 4.49. The van der Waals surface area contributed by atoms with Crippen molar-refractivity contribution >= 4 is 11.9 Å². The second-order valence-corrected chi connectivity index (χ2v) is 4.18. The van der Waals surface area contributed by atoms with Gasteiger partial charge in [0.05, 0.1) is 5.69 Å². The Labute approximate surface area is 91.6 Å². The standard InChI is InChI=1S/C14H17N/c1-12-6-5-7-13(10-12)11-15-14-8-3-2-4-9-14/h2-4,8-11,13H,5-7H2,1H3. The minimum atomic E-state index is 0.541. The van der Waals surface area contributed by atoms with Crippen LogP contribution in [-0.2, 0) is 0 Å². The Balaban J connectivity index is 2.03. The maximum Gasteiger partial charge on any atom is 0.0625 e. The third-order valence-electron chi connectivity index (χ3n) is 2.78. The summed E-state index contributed by atoms with van der Waals surface area (Å²) >= 11 is 0. The number of hydrogen-bond acceptors (Lipinski definition) is 1. The average Bonchev–Trinajstić information content (AvgIpc) is 2.28. The molecule has 0 aliphatic heterocycles. The topological polar surface area (TPSA) is 12.4 Å². The van der Waals surface area contributed by atoms with Crippen molar-refractivity contribution in [1.82, 2.24) is 0 Å². The molecule has 0 spiro atoms. The van der Waals surface area contributed by atoms with Gasteiger partial charge in [-0.1, -0.05) is 29.8 Å². The monoisotopic (exact) mass is 199 g/mol. The summed E-state index contributed by atoms with van der Waals surface area (Å²) in [6.45, 7) is 2.21. The number of hydrogen-bond donors (Lipinski definition) is 0. The molecule has 2 rings (SSSR count). The Morgan fingerprint density at radius 3 is 2.80 bits per heavy atom. The van der Waals surface area contributed by atoms with Gasteiger partial charge in [-0.3, -0.25) is 4.99 Å². The van der Waals surface area contributed by atoms with Crippen LogP contribution in [0.25, 0.3) is 0 Å². The van der Waals surface area contributed by atoms with Crippen LogP contribution in [0, 0.1) is 5.92 Å². The molecule has 0 amide bonds. The highest BCUT2D eigenvalue weighted by atomic mass is 14.7. The lowest BCUT2D eigenvalue weighted by molar-refractivity contribution is 0.641. The van der Waals surface area contributed by atoms with E-state index in [0.717, 1.165) is 5.69 Å². The highest BCUT2D eigenvalue weighted by molar-refractivity contribution is 5.68. The number of para-hydroxylation sites is 1. The van der Waals surface area contributed by atoms with E-state index in [0.29, 0.717) is 5.92 Å². The van der Waals surface area contributed by atoms with Gasteiger partial charge in [0.25, 0.3) is 0 Å². The normalized spacial score (nSPS) is 21.7.